The summed E-state index contributed by atoms with van der Waals surface area (Å²) in [5.41, 5.74) is 0. The fraction of sp³-hybridized carbons (Fsp3) is 0.846. The zero-order valence-electron chi connectivity index (χ0n) is 10.2. The number of rotatable bonds is 5. The van der Waals surface area contributed by atoms with Gasteiger partial charge in [0.25, 0.3) is 0 Å². The average molecular weight is 239 g/mol. The van der Waals surface area contributed by atoms with E-state index in [4.69, 9.17) is 5.11 Å². The first-order chi connectivity index (χ1) is 8.16. The number of aliphatic carboxylic acids is 1. The van der Waals surface area contributed by atoms with Gasteiger partial charge in [-0.1, -0.05) is 25.7 Å². The Kier molecular flexibility index (Phi) is 4.02. The molecule has 0 radical (unpaired) electrons. The van der Waals surface area contributed by atoms with Gasteiger partial charge in [0.1, 0.15) is 0 Å². The largest absolute Gasteiger partial charge is 0.481 e. The Morgan fingerprint density at radius 2 is 1.82 bits per heavy atom. The molecule has 0 heterocycles. The molecule has 2 N–H and O–H groups in total. The maximum Gasteiger partial charge on any atom is 0.308 e. The van der Waals surface area contributed by atoms with E-state index in [-0.39, 0.29) is 17.9 Å². The van der Waals surface area contributed by atoms with Gasteiger partial charge in [-0.3, -0.25) is 9.59 Å². The van der Waals surface area contributed by atoms with Gasteiger partial charge in [0.2, 0.25) is 5.91 Å². The van der Waals surface area contributed by atoms with Gasteiger partial charge < -0.3 is 10.4 Å². The van der Waals surface area contributed by atoms with Gasteiger partial charge in [-0.15, -0.1) is 0 Å². The van der Waals surface area contributed by atoms with Crippen LogP contribution in [-0.4, -0.2) is 23.0 Å². The summed E-state index contributed by atoms with van der Waals surface area (Å²) in [4.78, 5) is 22.7. The number of carboxylic acid groups (broad SMARTS) is 1. The summed E-state index contributed by atoms with van der Waals surface area (Å²) < 4.78 is 0. The van der Waals surface area contributed by atoms with Crippen LogP contribution in [0, 0.1) is 11.8 Å². The summed E-state index contributed by atoms with van der Waals surface area (Å²) in [6.07, 6.45) is 7.77. The van der Waals surface area contributed by atoms with Crippen molar-refractivity contribution in [2.75, 3.05) is 0 Å². The molecule has 2 aliphatic carbocycles. The quantitative estimate of drug-likeness (QED) is 0.770. The highest BCUT2D eigenvalue weighted by Crippen LogP contribution is 2.30. The Balaban J connectivity index is 1.71. The standard InChI is InChI=1S/C13H21NO3/c15-12(8-7-9-3-1-4-9)14-11-6-2-5-10(11)13(16)17/h9-11H,1-8H2,(H,14,15)(H,16,17)/t10-,11+/m1/s1. The second-order valence-electron chi connectivity index (χ2n) is 5.39. The molecule has 2 fully saturated rings. The summed E-state index contributed by atoms with van der Waals surface area (Å²) in [6, 6.07) is -0.138. The third kappa shape index (κ3) is 3.20. The molecule has 4 nitrogen and oxygen atoms in total. The average Bonchev–Trinajstić information content (AvgIpc) is 2.63. The van der Waals surface area contributed by atoms with E-state index in [1.165, 1.54) is 19.3 Å². The monoisotopic (exact) mass is 239 g/mol. The van der Waals surface area contributed by atoms with Crippen LogP contribution >= 0.6 is 0 Å². The minimum atomic E-state index is -0.771. The molecule has 17 heavy (non-hydrogen) atoms. The van der Waals surface area contributed by atoms with Gasteiger partial charge in [-0.25, -0.2) is 0 Å². The zero-order valence-corrected chi connectivity index (χ0v) is 10.2. The van der Waals surface area contributed by atoms with Gasteiger partial charge in [0, 0.05) is 12.5 Å². The Morgan fingerprint density at radius 3 is 2.41 bits per heavy atom. The van der Waals surface area contributed by atoms with Crippen LogP contribution in [0.25, 0.3) is 0 Å². The predicted octanol–water partition coefficient (Wildman–Crippen LogP) is 1.94. The van der Waals surface area contributed by atoms with Crippen molar-refractivity contribution in [1.29, 1.82) is 0 Å². The number of carboxylic acids is 1. The lowest BCUT2D eigenvalue weighted by molar-refractivity contribution is -0.142. The van der Waals surface area contributed by atoms with Gasteiger partial charge in [-0.05, 0) is 25.2 Å². The molecule has 96 valence electrons. The molecule has 2 rings (SSSR count). The molecule has 2 aliphatic rings. The molecular weight excluding hydrogens is 218 g/mol. The maximum atomic E-state index is 11.7. The molecule has 2 saturated carbocycles. The van der Waals surface area contributed by atoms with Crippen LogP contribution in [-0.2, 0) is 9.59 Å². The van der Waals surface area contributed by atoms with E-state index in [0.29, 0.717) is 12.8 Å². The van der Waals surface area contributed by atoms with E-state index in [9.17, 15) is 9.59 Å². The normalized spacial score (nSPS) is 28.7. The number of carbonyl (C=O) groups excluding carboxylic acids is 1. The highest BCUT2D eigenvalue weighted by molar-refractivity contribution is 5.78. The van der Waals surface area contributed by atoms with Gasteiger partial charge in [0.15, 0.2) is 0 Å². The van der Waals surface area contributed by atoms with Crippen molar-refractivity contribution >= 4 is 11.9 Å². The van der Waals surface area contributed by atoms with E-state index in [1.54, 1.807) is 0 Å². The lowest BCUT2D eigenvalue weighted by atomic mass is 9.82. The molecule has 0 bridgehead atoms. The molecule has 1 amide bonds. The van der Waals surface area contributed by atoms with Crippen molar-refractivity contribution in [2.45, 2.75) is 57.4 Å². The van der Waals surface area contributed by atoms with Crippen molar-refractivity contribution in [3.05, 3.63) is 0 Å². The second kappa shape index (κ2) is 5.52. The molecule has 4 heteroatoms. The van der Waals surface area contributed by atoms with E-state index in [1.807, 2.05) is 0 Å². The molecule has 0 aliphatic heterocycles. The van der Waals surface area contributed by atoms with Crippen LogP contribution in [0.2, 0.25) is 0 Å². The van der Waals surface area contributed by atoms with Crippen LogP contribution < -0.4 is 5.32 Å². The van der Waals surface area contributed by atoms with Gasteiger partial charge in [-0.2, -0.15) is 0 Å². The summed E-state index contributed by atoms with van der Waals surface area (Å²) in [7, 11) is 0. The molecule has 0 aromatic carbocycles. The lowest BCUT2D eigenvalue weighted by Gasteiger charge is -2.25. The molecule has 0 saturated heterocycles. The Morgan fingerprint density at radius 1 is 1.12 bits per heavy atom. The predicted molar refractivity (Wildman–Crippen MR) is 63.5 cm³/mol. The number of nitrogens with one attached hydrogen (secondary N) is 1. The van der Waals surface area contributed by atoms with Crippen LogP contribution in [0.4, 0.5) is 0 Å². The van der Waals surface area contributed by atoms with Crippen molar-refractivity contribution < 1.29 is 14.7 Å². The number of hydrogen-bond acceptors (Lipinski definition) is 2. The molecule has 2 atom stereocenters. The number of hydrogen-bond donors (Lipinski definition) is 2. The van der Waals surface area contributed by atoms with E-state index < -0.39 is 5.97 Å². The Labute approximate surface area is 102 Å². The first-order valence-corrected chi connectivity index (χ1v) is 6.69. The molecule has 0 unspecified atom stereocenters. The third-order valence-corrected chi connectivity index (χ3v) is 4.18. The summed E-state index contributed by atoms with van der Waals surface area (Å²) >= 11 is 0. The molecule has 0 aromatic heterocycles. The van der Waals surface area contributed by atoms with Crippen LogP contribution in [0.15, 0.2) is 0 Å². The van der Waals surface area contributed by atoms with Gasteiger partial charge in [0.05, 0.1) is 5.92 Å². The lowest BCUT2D eigenvalue weighted by Crippen LogP contribution is -2.40. The number of carbonyl (C=O) groups is 2. The maximum absolute atomic E-state index is 11.7. The van der Waals surface area contributed by atoms with Crippen molar-refractivity contribution in [3.63, 3.8) is 0 Å². The first kappa shape index (κ1) is 12.4. The zero-order chi connectivity index (χ0) is 12.3. The molecule has 0 spiro atoms. The number of amides is 1. The summed E-state index contributed by atoms with van der Waals surface area (Å²) in [5.74, 6) is -0.371. The van der Waals surface area contributed by atoms with E-state index in [2.05, 4.69) is 5.32 Å². The van der Waals surface area contributed by atoms with Gasteiger partial charge >= 0.3 is 5.97 Å². The van der Waals surface area contributed by atoms with Crippen molar-refractivity contribution in [2.24, 2.45) is 11.8 Å². The van der Waals surface area contributed by atoms with Crippen LogP contribution in [0.3, 0.4) is 0 Å². The smallest absolute Gasteiger partial charge is 0.308 e. The minimum absolute atomic E-state index is 0.0371. The highest BCUT2D eigenvalue weighted by atomic mass is 16.4. The first-order valence-electron chi connectivity index (χ1n) is 6.69. The highest BCUT2D eigenvalue weighted by Gasteiger charge is 2.33. The summed E-state index contributed by atoms with van der Waals surface area (Å²) in [5, 5.41) is 11.9. The second-order valence-corrected chi connectivity index (χ2v) is 5.39. The topological polar surface area (TPSA) is 66.4 Å². The van der Waals surface area contributed by atoms with E-state index in [0.717, 1.165) is 25.2 Å². The molecule has 0 aromatic rings. The fourth-order valence-corrected chi connectivity index (χ4v) is 2.82. The van der Waals surface area contributed by atoms with Crippen molar-refractivity contribution in [1.82, 2.24) is 5.32 Å². The molecular formula is C13H21NO3. The SMILES string of the molecule is O=C(CCC1CCC1)N[C@H]1CCC[C@H]1C(=O)O. The third-order valence-electron chi connectivity index (χ3n) is 4.18. The van der Waals surface area contributed by atoms with Crippen LogP contribution in [0.5, 0.6) is 0 Å². The van der Waals surface area contributed by atoms with E-state index >= 15 is 0 Å². The Bertz CT molecular complexity index is 299. The van der Waals surface area contributed by atoms with Crippen molar-refractivity contribution in [3.8, 4) is 0 Å². The Hall–Kier alpha value is -1.06. The fourth-order valence-electron chi connectivity index (χ4n) is 2.82. The summed E-state index contributed by atoms with van der Waals surface area (Å²) in [6.45, 7) is 0. The minimum Gasteiger partial charge on any atom is -0.481 e. The van der Waals surface area contributed by atoms with Crippen LogP contribution in [0.1, 0.15) is 51.4 Å².